The van der Waals surface area contributed by atoms with E-state index < -0.39 is 0 Å². The predicted molar refractivity (Wildman–Crippen MR) is 78.2 cm³/mol. The minimum atomic E-state index is 0.834. The topological polar surface area (TPSA) is 31.4 Å². The van der Waals surface area contributed by atoms with Crippen LogP contribution in [-0.2, 0) is 6.54 Å². The summed E-state index contributed by atoms with van der Waals surface area (Å²) < 4.78 is 0. The molecular formula is C13H24N4S. The highest BCUT2D eigenvalue weighted by Crippen LogP contribution is 2.21. The Hall–Kier alpha value is -0.650. The number of aromatic nitrogens is 1. The number of hydrogen-bond acceptors (Lipinski definition) is 5. The van der Waals surface area contributed by atoms with Crippen LogP contribution >= 0.6 is 11.3 Å². The molecule has 1 aliphatic rings. The molecule has 18 heavy (non-hydrogen) atoms. The Labute approximate surface area is 114 Å². The van der Waals surface area contributed by atoms with Crippen molar-refractivity contribution in [3.63, 3.8) is 0 Å². The van der Waals surface area contributed by atoms with Crippen molar-refractivity contribution in [3.8, 4) is 0 Å². The first-order chi connectivity index (χ1) is 8.67. The molecular weight excluding hydrogens is 244 g/mol. The van der Waals surface area contributed by atoms with Crippen molar-refractivity contribution in [2.45, 2.75) is 19.9 Å². The SMILES string of the molecule is CCNc1ncc(CN(C)CC2CCN(C)C2)s1. The van der Waals surface area contributed by atoms with E-state index in [1.54, 1.807) is 11.3 Å². The Balaban J connectivity index is 1.77. The minimum Gasteiger partial charge on any atom is -0.362 e. The van der Waals surface area contributed by atoms with E-state index in [0.717, 1.165) is 24.1 Å². The van der Waals surface area contributed by atoms with Crippen molar-refractivity contribution in [2.75, 3.05) is 45.6 Å². The lowest BCUT2D eigenvalue weighted by Crippen LogP contribution is -2.26. The van der Waals surface area contributed by atoms with Crippen LogP contribution in [-0.4, -0.2) is 55.1 Å². The minimum absolute atomic E-state index is 0.834. The van der Waals surface area contributed by atoms with E-state index in [0.29, 0.717) is 0 Å². The van der Waals surface area contributed by atoms with Crippen molar-refractivity contribution < 1.29 is 0 Å². The second-order valence-corrected chi connectivity index (χ2v) is 6.39. The number of likely N-dealkylation sites (tertiary alicyclic amines) is 1. The van der Waals surface area contributed by atoms with Crippen molar-refractivity contribution >= 4 is 16.5 Å². The quantitative estimate of drug-likeness (QED) is 0.854. The van der Waals surface area contributed by atoms with E-state index in [2.05, 4.69) is 41.1 Å². The first-order valence-electron chi connectivity index (χ1n) is 6.73. The monoisotopic (exact) mass is 268 g/mol. The van der Waals surface area contributed by atoms with Gasteiger partial charge in [-0.3, -0.25) is 0 Å². The van der Waals surface area contributed by atoms with Crippen molar-refractivity contribution in [3.05, 3.63) is 11.1 Å². The van der Waals surface area contributed by atoms with Gasteiger partial charge in [-0.2, -0.15) is 0 Å². The van der Waals surface area contributed by atoms with Crippen LogP contribution in [0.5, 0.6) is 0 Å². The van der Waals surface area contributed by atoms with Gasteiger partial charge in [0, 0.05) is 37.3 Å². The van der Waals surface area contributed by atoms with Gasteiger partial charge in [0.2, 0.25) is 0 Å². The second kappa shape index (κ2) is 6.50. The molecule has 0 spiro atoms. The maximum Gasteiger partial charge on any atom is 0.182 e. The lowest BCUT2D eigenvalue weighted by Gasteiger charge is -2.19. The Bertz CT molecular complexity index is 366. The fourth-order valence-electron chi connectivity index (χ4n) is 2.56. The summed E-state index contributed by atoms with van der Waals surface area (Å²) in [5.74, 6) is 0.834. The van der Waals surface area contributed by atoms with E-state index in [-0.39, 0.29) is 0 Å². The van der Waals surface area contributed by atoms with Crippen LogP contribution in [0.15, 0.2) is 6.20 Å². The van der Waals surface area contributed by atoms with Gasteiger partial charge >= 0.3 is 0 Å². The molecule has 1 aliphatic heterocycles. The molecule has 0 aromatic carbocycles. The Morgan fingerprint density at radius 3 is 3.11 bits per heavy atom. The molecule has 2 heterocycles. The Morgan fingerprint density at radius 2 is 2.44 bits per heavy atom. The zero-order valence-corrected chi connectivity index (χ0v) is 12.5. The van der Waals surface area contributed by atoms with E-state index in [1.807, 2.05) is 6.20 Å². The average molecular weight is 268 g/mol. The summed E-state index contributed by atoms with van der Waals surface area (Å²) in [4.78, 5) is 10.6. The number of rotatable bonds is 6. The largest absolute Gasteiger partial charge is 0.362 e. The zero-order chi connectivity index (χ0) is 13.0. The van der Waals surface area contributed by atoms with Crippen LogP contribution in [0, 0.1) is 5.92 Å². The fourth-order valence-corrected chi connectivity index (χ4v) is 3.52. The molecule has 0 saturated carbocycles. The third-order valence-corrected chi connectivity index (χ3v) is 4.31. The van der Waals surface area contributed by atoms with Crippen LogP contribution < -0.4 is 5.32 Å². The molecule has 4 nitrogen and oxygen atoms in total. The molecule has 0 amide bonds. The van der Waals surface area contributed by atoms with Gasteiger partial charge in [0.05, 0.1) is 0 Å². The number of anilines is 1. The molecule has 1 unspecified atom stereocenters. The van der Waals surface area contributed by atoms with Gasteiger partial charge in [0.15, 0.2) is 5.13 Å². The van der Waals surface area contributed by atoms with E-state index in [9.17, 15) is 0 Å². The molecule has 0 bridgehead atoms. The molecule has 5 heteroatoms. The van der Waals surface area contributed by atoms with Crippen molar-refractivity contribution in [1.29, 1.82) is 0 Å². The molecule has 1 N–H and O–H groups in total. The standard InChI is InChI=1S/C13H24N4S/c1-4-14-13-15-7-12(18-13)10-17(3)9-11-5-6-16(2)8-11/h7,11H,4-6,8-10H2,1-3H3,(H,14,15). The molecule has 1 atom stereocenters. The fraction of sp³-hybridized carbons (Fsp3) is 0.769. The van der Waals surface area contributed by atoms with Crippen LogP contribution in [0.1, 0.15) is 18.2 Å². The second-order valence-electron chi connectivity index (χ2n) is 5.28. The zero-order valence-electron chi connectivity index (χ0n) is 11.6. The highest BCUT2D eigenvalue weighted by molar-refractivity contribution is 7.15. The van der Waals surface area contributed by atoms with Gasteiger partial charge in [-0.1, -0.05) is 0 Å². The molecule has 1 saturated heterocycles. The predicted octanol–water partition coefficient (Wildman–Crippen LogP) is 1.96. The molecule has 102 valence electrons. The van der Waals surface area contributed by atoms with Gasteiger partial charge in [0.25, 0.3) is 0 Å². The summed E-state index contributed by atoms with van der Waals surface area (Å²) in [6, 6.07) is 0. The van der Waals surface area contributed by atoms with Crippen LogP contribution in [0.2, 0.25) is 0 Å². The summed E-state index contributed by atoms with van der Waals surface area (Å²) >= 11 is 1.77. The van der Waals surface area contributed by atoms with Crippen LogP contribution in [0.4, 0.5) is 5.13 Å². The third kappa shape index (κ3) is 3.93. The number of nitrogens with zero attached hydrogens (tertiary/aromatic N) is 3. The van der Waals surface area contributed by atoms with Gasteiger partial charge in [-0.05, 0) is 39.9 Å². The molecule has 2 rings (SSSR count). The van der Waals surface area contributed by atoms with Crippen LogP contribution in [0.25, 0.3) is 0 Å². The van der Waals surface area contributed by atoms with Gasteiger partial charge in [0.1, 0.15) is 0 Å². The summed E-state index contributed by atoms with van der Waals surface area (Å²) in [7, 11) is 4.43. The molecule has 1 aromatic rings. The lowest BCUT2D eigenvalue weighted by molar-refractivity contribution is 0.269. The van der Waals surface area contributed by atoms with Gasteiger partial charge in [-0.25, -0.2) is 4.98 Å². The summed E-state index contributed by atoms with van der Waals surface area (Å²) in [6.45, 7) is 7.75. The van der Waals surface area contributed by atoms with Crippen molar-refractivity contribution in [2.24, 2.45) is 5.92 Å². The molecule has 1 aromatic heterocycles. The highest BCUT2D eigenvalue weighted by atomic mass is 32.1. The van der Waals surface area contributed by atoms with E-state index in [1.165, 1.54) is 30.9 Å². The molecule has 1 fully saturated rings. The number of nitrogens with one attached hydrogen (secondary N) is 1. The average Bonchev–Trinajstić information content (AvgIpc) is 2.89. The third-order valence-electron chi connectivity index (χ3n) is 3.37. The highest BCUT2D eigenvalue weighted by Gasteiger charge is 2.20. The molecule has 0 radical (unpaired) electrons. The first kappa shape index (κ1) is 13.8. The molecule has 0 aliphatic carbocycles. The number of hydrogen-bond donors (Lipinski definition) is 1. The summed E-state index contributed by atoms with van der Waals surface area (Å²) in [5, 5.41) is 4.31. The first-order valence-corrected chi connectivity index (χ1v) is 7.54. The van der Waals surface area contributed by atoms with Crippen LogP contribution in [0.3, 0.4) is 0 Å². The summed E-state index contributed by atoms with van der Waals surface area (Å²) in [5.41, 5.74) is 0. The van der Waals surface area contributed by atoms with E-state index >= 15 is 0 Å². The van der Waals surface area contributed by atoms with Gasteiger partial charge < -0.3 is 15.1 Å². The van der Waals surface area contributed by atoms with E-state index in [4.69, 9.17) is 0 Å². The lowest BCUT2D eigenvalue weighted by atomic mass is 10.1. The maximum absolute atomic E-state index is 4.38. The Kier molecular flexibility index (Phi) is 4.97. The smallest absolute Gasteiger partial charge is 0.182 e. The van der Waals surface area contributed by atoms with Crippen molar-refractivity contribution in [1.82, 2.24) is 14.8 Å². The van der Waals surface area contributed by atoms with Gasteiger partial charge in [-0.15, -0.1) is 11.3 Å². The Morgan fingerprint density at radius 1 is 1.61 bits per heavy atom. The summed E-state index contributed by atoms with van der Waals surface area (Å²) in [6.07, 6.45) is 3.34. The normalized spacial score (nSPS) is 20.8. The number of thiazole rings is 1. The maximum atomic E-state index is 4.38.